The quantitative estimate of drug-likeness (QED) is 0.670. The minimum absolute atomic E-state index is 0.0720. The summed E-state index contributed by atoms with van der Waals surface area (Å²) in [5, 5.41) is 12.3. The molecule has 7 nitrogen and oxygen atoms in total. The highest BCUT2D eigenvalue weighted by Gasteiger charge is 2.64. The van der Waals surface area contributed by atoms with E-state index >= 15 is 0 Å². The highest BCUT2D eigenvalue weighted by molar-refractivity contribution is 5.88. The average Bonchev–Trinajstić information content (AvgIpc) is 2.71. The molecule has 0 heterocycles. The lowest BCUT2D eigenvalue weighted by molar-refractivity contribution is -0.201. The van der Waals surface area contributed by atoms with Gasteiger partial charge in [0, 0.05) is 5.56 Å². The van der Waals surface area contributed by atoms with E-state index in [-0.39, 0.29) is 22.9 Å². The Morgan fingerprint density at radius 2 is 1.45 bits per heavy atom. The molecule has 2 rings (SSSR count). The summed E-state index contributed by atoms with van der Waals surface area (Å²) in [5.41, 5.74) is -4.08. The first-order valence-corrected chi connectivity index (χ1v) is 8.18. The predicted molar refractivity (Wildman–Crippen MR) is 97.6 cm³/mol. The average molecular weight is 415 g/mol. The molecule has 0 aliphatic rings. The zero-order chi connectivity index (χ0) is 21.8. The number of hydrogen-bond acceptors (Lipinski definition) is 7. The minimum Gasteiger partial charge on any atom is -0.502 e. The van der Waals surface area contributed by atoms with Crippen LogP contribution in [-0.2, 0) is 15.1 Å². The molecule has 0 amide bonds. The number of rotatable bonds is 7. The third kappa shape index (κ3) is 3.82. The van der Waals surface area contributed by atoms with E-state index in [0.717, 1.165) is 33.5 Å². The zero-order valence-corrected chi connectivity index (χ0v) is 16.1. The van der Waals surface area contributed by atoms with Gasteiger partial charge in [-0.1, -0.05) is 12.1 Å². The number of halogens is 3. The van der Waals surface area contributed by atoms with E-state index in [2.05, 4.69) is 10.1 Å². The Morgan fingerprint density at radius 3 is 1.90 bits per heavy atom. The Bertz CT molecular complexity index is 861. The molecule has 10 heteroatoms. The monoisotopic (exact) mass is 415 g/mol. The van der Waals surface area contributed by atoms with E-state index in [1.54, 1.807) is 6.07 Å². The molecule has 0 radical (unpaired) electrons. The lowest BCUT2D eigenvalue weighted by Crippen LogP contribution is -2.55. The van der Waals surface area contributed by atoms with Gasteiger partial charge in [0.2, 0.25) is 5.75 Å². The summed E-state index contributed by atoms with van der Waals surface area (Å²) in [6.45, 7) is 0. The number of para-hydroxylation sites is 2. The van der Waals surface area contributed by atoms with E-state index in [9.17, 15) is 23.1 Å². The first kappa shape index (κ1) is 22.0. The molecular weight excluding hydrogens is 395 g/mol. The highest BCUT2D eigenvalue weighted by atomic mass is 19.4. The standard InChI is InChI=1S/C19H20F3NO6/c1-26-13-8-6-5-7-12(13)23-18(17(25)29-4,19(20,21)22)11-9-14(27-2)16(24)15(10-11)28-3/h5-10,23-24H,1-4H3. The number of phenols is 1. The topological polar surface area (TPSA) is 86.3 Å². The van der Waals surface area contributed by atoms with Gasteiger partial charge in [-0.15, -0.1) is 0 Å². The van der Waals surface area contributed by atoms with Crippen molar-refractivity contribution in [1.29, 1.82) is 0 Å². The number of carbonyl (C=O) groups excluding carboxylic acids is 1. The normalized spacial score (nSPS) is 13.2. The van der Waals surface area contributed by atoms with Crippen LogP contribution in [0.3, 0.4) is 0 Å². The van der Waals surface area contributed by atoms with Crippen molar-refractivity contribution in [3.05, 3.63) is 42.0 Å². The van der Waals surface area contributed by atoms with E-state index in [1.807, 2.05) is 0 Å². The molecule has 158 valence electrons. The summed E-state index contributed by atoms with van der Waals surface area (Å²) in [4.78, 5) is 12.6. The zero-order valence-electron chi connectivity index (χ0n) is 16.1. The van der Waals surface area contributed by atoms with Gasteiger partial charge in [0.05, 0.1) is 34.1 Å². The molecule has 2 aromatic carbocycles. The third-order valence-corrected chi connectivity index (χ3v) is 4.26. The molecule has 0 fully saturated rings. The summed E-state index contributed by atoms with van der Waals surface area (Å²) >= 11 is 0. The van der Waals surface area contributed by atoms with Gasteiger partial charge >= 0.3 is 12.1 Å². The first-order chi connectivity index (χ1) is 13.7. The fraction of sp³-hybridized carbons (Fsp3) is 0.316. The molecule has 0 saturated heterocycles. The molecule has 29 heavy (non-hydrogen) atoms. The predicted octanol–water partition coefficient (Wildman–Crippen LogP) is 3.46. The smallest absolute Gasteiger partial charge is 0.426 e. The van der Waals surface area contributed by atoms with Crippen LogP contribution in [0, 0.1) is 0 Å². The number of anilines is 1. The Balaban J connectivity index is 2.86. The second-order valence-electron chi connectivity index (χ2n) is 5.79. The van der Waals surface area contributed by atoms with Crippen molar-refractivity contribution in [2.75, 3.05) is 33.8 Å². The second kappa shape index (κ2) is 8.38. The summed E-state index contributed by atoms with van der Waals surface area (Å²) in [7, 11) is 4.42. The molecule has 0 spiro atoms. The second-order valence-corrected chi connectivity index (χ2v) is 5.79. The molecule has 0 aromatic heterocycles. The molecule has 2 N–H and O–H groups in total. The highest BCUT2D eigenvalue weighted by Crippen LogP contribution is 2.48. The number of alkyl halides is 3. The van der Waals surface area contributed by atoms with Gasteiger partial charge in [-0.2, -0.15) is 13.2 Å². The van der Waals surface area contributed by atoms with Crippen LogP contribution in [0.15, 0.2) is 36.4 Å². The third-order valence-electron chi connectivity index (χ3n) is 4.26. The number of benzene rings is 2. The van der Waals surface area contributed by atoms with Gasteiger partial charge in [-0.05, 0) is 24.3 Å². The van der Waals surface area contributed by atoms with Crippen LogP contribution in [0.1, 0.15) is 5.56 Å². The van der Waals surface area contributed by atoms with Gasteiger partial charge in [-0.25, -0.2) is 4.79 Å². The Morgan fingerprint density at radius 1 is 0.931 bits per heavy atom. The molecule has 1 unspecified atom stereocenters. The van der Waals surface area contributed by atoms with Gasteiger partial charge in [-0.3, -0.25) is 0 Å². The molecule has 0 bridgehead atoms. The summed E-state index contributed by atoms with van der Waals surface area (Å²) in [5.74, 6) is -2.72. The Labute approximate surface area is 164 Å². The molecule has 0 aliphatic carbocycles. The molecular formula is C19H20F3NO6. The Kier molecular flexibility index (Phi) is 6.35. The van der Waals surface area contributed by atoms with Crippen LogP contribution in [0.5, 0.6) is 23.0 Å². The van der Waals surface area contributed by atoms with Gasteiger partial charge in [0.25, 0.3) is 5.54 Å². The minimum atomic E-state index is -5.17. The van der Waals surface area contributed by atoms with Gasteiger partial charge < -0.3 is 29.4 Å². The van der Waals surface area contributed by atoms with E-state index in [1.165, 1.54) is 25.3 Å². The van der Waals surface area contributed by atoms with Gasteiger partial charge in [0.15, 0.2) is 11.5 Å². The molecule has 0 aliphatic heterocycles. The van der Waals surface area contributed by atoms with Crippen LogP contribution in [0.2, 0.25) is 0 Å². The fourth-order valence-electron chi connectivity index (χ4n) is 2.80. The maximum atomic E-state index is 14.4. The summed E-state index contributed by atoms with van der Waals surface area (Å²) < 4.78 is 62.8. The van der Waals surface area contributed by atoms with Crippen molar-refractivity contribution in [1.82, 2.24) is 0 Å². The number of carbonyl (C=O) groups is 1. The lowest BCUT2D eigenvalue weighted by atomic mass is 9.87. The van der Waals surface area contributed by atoms with Crippen molar-refractivity contribution in [2.24, 2.45) is 0 Å². The van der Waals surface area contributed by atoms with Crippen LogP contribution in [0.25, 0.3) is 0 Å². The SMILES string of the molecule is COC(=O)C(Nc1ccccc1OC)(c1cc(OC)c(O)c(OC)c1)C(F)(F)F. The van der Waals surface area contributed by atoms with Crippen LogP contribution in [-0.4, -0.2) is 45.7 Å². The number of hydrogen-bond donors (Lipinski definition) is 2. The fourth-order valence-corrected chi connectivity index (χ4v) is 2.80. The number of methoxy groups -OCH3 is 4. The molecule has 2 aromatic rings. The first-order valence-electron chi connectivity index (χ1n) is 8.18. The van der Waals surface area contributed by atoms with Gasteiger partial charge in [0.1, 0.15) is 5.75 Å². The molecule has 1 atom stereocenters. The van der Waals surface area contributed by atoms with Crippen molar-refractivity contribution < 1.29 is 42.0 Å². The lowest BCUT2D eigenvalue weighted by Gasteiger charge is -2.35. The summed E-state index contributed by atoms with van der Waals surface area (Å²) in [6.07, 6.45) is -5.17. The number of phenolic OH excluding ortho intramolecular Hbond substituents is 1. The molecule has 0 saturated carbocycles. The maximum Gasteiger partial charge on any atom is 0.426 e. The van der Waals surface area contributed by atoms with E-state index < -0.39 is 29.0 Å². The Hall–Kier alpha value is -3.30. The maximum absolute atomic E-state index is 14.4. The van der Waals surface area contributed by atoms with Crippen molar-refractivity contribution in [2.45, 2.75) is 11.7 Å². The number of nitrogens with one attached hydrogen (secondary N) is 1. The van der Waals surface area contributed by atoms with Crippen LogP contribution in [0.4, 0.5) is 18.9 Å². The largest absolute Gasteiger partial charge is 0.502 e. The van der Waals surface area contributed by atoms with Crippen molar-refractivity contribution >= 4 is 11.7 Å². The number of aromatic hydroxyl groups is 1. The van der Waals surface area contributed by atoms with E-state index in [0.29, 0.717) is 0 Å². The van der Waals surface area contributed by atoms with Crippen LogP contribution < -0.4 is 19.5 Å². The summed E-state index contributed by atoms with van der Waals surface area (Å²) in [6, 6.07) is 7.54. The van der Waals surface area contributed by atoms with E-state index in [4.69, 9.17) is 14.2 Å². The van der Waals surface area contributed by atoms with Crippen molar-refractivity contribution in [3.63, 3.8) is 0 Å². The van der Waals surface area contributed by atoms with Crippen LogP contribution >= 0.6 is 0 Å². The number of ether oxygens (including phenoxy) is 4. The number of esters is 1. The van der Waals surface area contributed by atoms with Crippen molar-refractivity contribution in [3.8, 4) is 23.0 Å².